The third-order valence-corrected chi connectivity index (χ3v) is 5.78. The lowest BCUT2D eigenvalue weighted by molar-refractivity contribution is -0.126. The van der Waals surface area contributed by atoms with Crippen molar-refractivity contribution in [2.24, 2.45) is 0 Å². The smallest absolute Gasteiger partial charge is 0.344 e. The van der Waals surface area contributed by atoms with Crippen molar-refractivity contribution in [1.29, 1.82) is 0 Å². The molecule has 4 rings (SSSR count). The molecule has 35 heavy (non-hydrogen) atoms. The van der Waals surface area contributed by atoms with E-state index in [1.165, 1.54) is 36.4 Å². The number of hydrogen-bond acceptors (Lipinski definition) is 10. The minimum Gasteiger partial charge on any atom is -0.507 e. The van der Waals surface area contributed by atoms with Gasteiger partial charge in [-0.15, -0.1) is 0 Å². The topological polar surface area (TPSA) is 191 Å². The van der Waals surface area contributed by atoms with Crippen molar-refractivity contribution < 1.29 is 39.2 Å². The molecule has 1 amide bonds. The summed E-state index contributed by atoms with van der Waals surface area (Å²) in [6.45, 7) is -2.72. The first-order valence-electron chi connectivity index (χ1n) is 10.4. The second-order valence-electron chi connectivity index (χ2n) is 7.97. The average Bonchev–Trinajstić information content (AvgIpc) is 2.86. The maximum absolute atomic E-state index is 13.5. The summed E-state index contributed by atoms with van der Waals surface area (Å²) < 4.78 is 10.5. The number of aliphatic hydroxyl groups excluding tert-OH is 3. The monoisotopic (exact) mass is 483 g/mol. The average molecular weight is 483 g/mol. The standard InChI is InChI=1S/C24H21NO10/c26-9-24(10-27,11-28)25-21(31)16(17-19(29)12-5-1-3-7-14(12)34-22(17)32)18-20(30)13-6-2-4-8-15(13)35-23(18)33/h1-8,16,26-30H,9-11H2,(H,25,31). The van der Waals surface area contributed by atoms with Gasteiger partial charge in [-0.25, -0.2) is 9.59 Å². The summed E-state index contributed by atoms with van der Waals surface area (Å²) in [7, 11) is 0. The fourth-order valence-electron chi connectivity index (χ4n) is 3.81. The van der Waals surface area contributed by atoms with E-state index in [9.17, 15) is 39.9 Å². The van der Waals surface area contributed by atoms with Crippen LogP contribution in [0.1, 0.15) is 17.0 Å². The fraction of sp³-hybridized carbons (Fsp3) is 0.208. The highest BCUT2D eigenvalue weighted by molar-refractivity contribution is 5.94. The minimum absolute atomic E-state index is 0.00287. The molecule has 6 N–H and O–H groups in total. The Hall–Kier alpha value is -4.19. The lowest BCUT2D eigenvalue weighted by Gasteiger charge is -2.30. The minimum atomic E-state index is -2.01. The van der Waals surface area contributed by atoms with Crippen molar-refractivity contribution in [3.63, 3.8) is 0 Å². The Bertz CT molecular complexity index is 1430. The van der Waals surface area contributed by atoms with E-state index in [1.807, 2.05) is 0 Å². The molecule has 0 bridgehead atoms. The van der Waals surface area contributed by atoms with Crippen LogP contribution in [0.4, 0.5) is 0 Å². The first-order chi connectivity index (χ1) is 16.8. The molecule has 2 aromatic heterocycles. The largest absolute Gasteiger partial charge is 0.507 e. The Morgan fingerprint density at radius 3 is 1.57 bits per heavy atom. The van der Waals surface area contributed by atoms with Gasteiger partial charge in [0.15, 0.2) is 0 Å². The molecule has 2 heterocycles. The predicted molar refractivity (Wildman–Crippen MR) is 122 cm³/mol. The lowest BCUT2D eigenvalue weighted by atomic mass is 9.88. The molecule has 11 heteroatoms. The second kappa shape index (κ2) is 9.22. The lowest BCUT2D eigenvalue weighted by Crippen LogP contribution is -2.58. The van der Waals surface area contributed by atoms with Crippen LogP contribution >= 0.6 is 0 Å². The molecule has 2 aromatic carbocycles. The number of rotatable bonds is 7. The molecule has 182 valence electrons. The van der Waals surface area contributed by atoms with E-state index in [-0.39, 0.29) is 21.9 Å². The summed E-state index contributed by atoms with van der Waals surface area (Å²) in [6, 6.07) is 11.8. The van der Waals surface area contributed by atoms with Crippen LogP contribution in [0.15, 0.2) is 67.0 Å². The Morgan fingerprint density at radius 1 is 0.771 bits per heavy atom. The number of benzene rings is 2. The maximum Gasteiger partial charge on any atom is 0.344 e. The summed E-state index contributed by atoms with van der Waals surface area (Å²) in [5.41, 5.74) is -5.70. The molecule has 0 aliphatic rings. The van der Waals surface area contributed by atoms with Gasteiger partial charge in [-0.05, 0) is 24.3 Å². The Balaban J connectivity index is 2.05. The van der Waals surface area contributed by atoms with Crippen LogP contribution in [0.2, 0.25) is 0 Å². The number of aliphatic hydroxyl groups is 3. The van der Waals surface area contributed by atoms with Crippen LogP contribution in [-0.2, 0) is 4.79 Å². The first-order valence-corrected chi connectivity index (χ1v) is 10.4. The quantitative estimate of drug-likeness (QED) is 0.199. The molecule has 0 aliphatic carbocycles. The number of nitrogens with one attached hydrogen (secondary N) is 1. The van der Waals surface area contributed by atoms with E-state index in [0.29, 0.717) is 0 Å². The van der Waals surface area contributed by atoms with Gasteiger partial charge in [-0.1, -0.05) is 24.3 Å². The van der Waals surface area contributed by atoms with Crippen molar-refractivity contribution in [2.75, 3.05) is 19.8 Å². The van der Waals surface area contributed by atoms with E-state index >= 15 is 0 Å². The SMILES string of the molecule is O=C(NC(CO)(CO)CO)C(c1c(O)c2ccccc2oc1=O)c1c(O)c2ccccc2oc1=O. The highest BCUT2D eigenvalue weighted by atomic mass is 16.4. The second-order valence-corrected chi connectivity index (χ2v) is 7.97. The van der Waals surface area contributed by atoms with Crippen molar-refractivity contribution in [1.82, 2.24) is 5.32 Å². The zero-order valence-electron chi connectivity index (χ0n) is 18.1. The summed E-state index contributed by atoms with van der Waals surface area (Å²) in [6.07, 6.45) is 0. The van der Waals surface area contributed by atoms with Crippen LogP contribution in [0.25, 0.3) is 21.9 Å². The predicted octanol–water partition coefficient (Wildman–Crippen LogP) is 0.274. The van der Waals surface area contributed by atoms with E-state index < -0.39 is 71.1 Å². The van der Waals surface area contributed by atoms with Gasteiger partial charge in [0.25, 0.3) is 0 Å². The normalized spacial score (nSPS) is 11.9. The molecule has 0 radical (unpaired) electrons. The van der Waals surface area contributed by atoms with Gasteiger partial charge in [-0.2, -0.15) is 0 Å². The summed E-state index contributed by atoms with van der Waals surface area (Å²) in [4.78, 5) is 39.4. The third-order valence-electron chi connectivity index (χ3n) is 5.78. The van der Waals surface area contributed by atoms with Crippen LogP contribution in [0.3, 0.4) is 0 Å². The number of carbonyl (C=O) groups is 1. The highest BCUT2D eigenvalue weighted by Crippen LogP contribution is 2.38. The number of aromatic hydroxyl groups is 2. The molecule has 0 spiro atoms. The van der Waals surface area contributed by atoms with Gasteiger partial charge >= 0.3 is 11.3 Å². The van der Waals surface area contributed by atoms with Gasteiger partial charge < -0.3 is 39.7 Å². The third kappa shape index (κ3) is 4.01. The first kappa shape index (κ1) is 24.0. The summed E-state index contributed by atoms with van der Waals surface area (Å²) in [5.74, 6) is -4.60. The van der Waals surface area contributed by atoms with Crippen molar-refractivity contribution in [3.8, 4) is 11.5 Å². The van der Waals surface area contributed by atoms with E-state index in [0.717, 1.165) is 0 Å². The van der Waals surface area contributed by atoms with Gasteiger partial charge in [0.05, 0.1) is 41.7 Å². The number of hydrogen-bond donors (Lipinski definition) is 6. The van der Waals surface area contributed by atoms with Crippen molar-refractivity contribution >= 4 is 27.8 Å². The van der Waals surface area contributed by atoms with Gasteiger partial charge in [-0.3, -0.25) is 4.79 Å². The highest BCUT2D eigenvalue weighted by Gasteiger charge is 2.40. The molecule has 0 aliphatic heterocycles. The van der Waals surface area contributed by atoms with Crippen molar-refractivity contribution in [3.05, 3.63) is 80.5 Å². The summed E-state index contributed by atoms with van der Waals surface area (Å²) >= 11 is 0. The molecule has 0 saturated heterocycles. The Kier molecular flexibility index (Phi) is 6.31. The molecule has 0 fully saturated rings. The van der Waals surface area contributed by atoms with Crippen LogP contribution in [-0.4, -0.2) is 56.8 Å². The summed E-state index contributed by atoms with van der Waals surface area (Å²) in [5, 5.41) is 53.2. The molecule has 0 atom stereocenters. The number of amides is 1. The number of fused-ring (bicyclic) bond motifs is 2. The molecule has 11 nitrogen and oxygen atoms in total. The van der Waals surface area contributed by atoms with E-state index in [2.05, 4.69) is 5.32 Å². The Morgan fingerprint density at radius 2 is 1.17 bits per heavy atom. The number of carbonyl (C=O) groups excluding carboxylic acids is 1. The zero-order chi connectivity index (χ0) is 25.3. The van der Waals surface area contributed by atoms with Gasteiger partial charge in [0.1, 0.15) is 34.1 Å². The molecule has 4 aromatic rings. The Labute approximate surface area is 196 Å². The van der Waals surface area contributed by atoms with E-state index in [4.69, 9.17) is 8.83 Å². The molecular formula is C24H21NO10. The zero-order valence-corrected chi connectivity index (χ0v) is 18.1. The maximum atomic E-state index is 13.5. The van der Waals surface area contributed by atoms with E-state index in [1.54, 1.807) is 12.1 Å². The van der Waals surface area contributed by atoms with Crippen LogP contribution in [0.5, 0.6) is 11.5 Å². The molecule has 0 saturated carbocycles. The van der Waals surface area contributed by atoms with Gasteiger partial charge in [0.2, 0.25) is 5.91 Å². The fourth-order valence-corrected chi connectivity index (χ4v) is 3.81. The van der Waals surface area contributed by atoms with Crippen molar-refractivity contribution in [2.45, 2.75) is 11.5 Å². The van der Waals surface area contributed by atoms with Gasteiger partial charge in [0, 0.05) is 0 Å². The molecule has 0 unspecified atom stereocenters. The molecular weight excluding hydrogens is 462 g/mol. The van der Waals surface area contributed by atoms with Crippen LogP contribution in [0, 0.1) is 0 Å². The number of para-hydroxylation sites is 2. The van der Waals surface area contributed by atoms with Crippen LogP contribution < -0.4 is 16.6 Å².